The monoisotopic (exact) mass is 763 g/mol. The van der Waals surface area contributed by atoms with Gasteiger partial charge in [-0.05, 0) is 68.9 Å². The lowest BCUT2D eigenvalue weighted by molar-refractivity contribution is -0.386. The molecule has 0 saturated carbocycles. The van der Waals surface area contributed by atoms with Gasteiger partial charge in [-0.15, -0.1) is 5.92 Å². The Labute approximate surface area is 319 Å². The zero-order valence-corrected chi connectivity index (χ0v) is 31.5. The fourth-order valence-corrected chi connectivity index (χ4v) is 7.74. The minimum absolute atomic E-state index is 0.0203. The fourth-order valence-electron chi connectivity index (χ4n) is 6.20. The van der Waals surface area contributed by atoms with Crippen LogP contribution in [0.1, 0.15) is 98.4 Å². The SMILES string of the molecule is CC#CCNC(=O)c1ccc(CNC(=O)OC(C)c2cc(CNC(=O)CCCCCNC(=O)CCCCC3SCC4NC(=O)NC43)ccc2[N+](=O)[O-])cc1. The molecule has 2 aromatic carbocycles. The minimum Gasteiger partial charge on any atom is -0.441 e. The van der Waals surface area contributed by atoms with Gasteiger partial charge < -0.3 is 36.6 Å². The summed E-state index contributed by atoms with van der Waals surface area (Å²) in [5, 5.41) is 29.1. The van der Waals surface area contributed by atoms with Gasteiger partial charge in [-0.25, -0.2) is 9.59 Å². The number of nitrogens with one attached hydrogen (secondary N) is 6. The van der Waals surface area contributed by atoms with Crippen molar-refractivity contribution in [3.63, 3.8) is 0 Å². The number of nitro groups is 1. The van der Waals surface area contributed by atoms with Crippen molar-refractivity contribution in [2.24, 2.45) is 0 Å². The second-order valence-electron chi connectivity index (χ2n) is 13.2. The second kappa shape index (κ2) is 21.4. The first-order valence-corrected chi connectivity index (χ1v) is 19.3. The summed E-state index contributed by atoms with van der Waals surface area (Å²) in [6.45, 7) is 4.27. The molecular formula is C38H49N7O8S. The number of nitrogens with zero attached hydrogens (tertiary/aromatic N) is 1. The number of unbranched alkanes of at least 4 members (excludes halogenated alkanes) is 3. The molecule has 6 amide bonds. The third-order valence-electron chi connectivity index (χ3n) is 9.15. The van der Waals surface area contributed by atoms with Gasteiger partial charge in [0.1, 0.15) is 6.10 Å². The van der Waals surface area contributed by atoms with E-state index in [9.17, 15) is 34.1 Å². The number of ether oxygens (including phenoxy) is 1. The largest absolute Gasteiger partial charge is 0.441 e. The number of rotatable bonds is 20. The van der Waals surface area contributed by atoms with Gasteiger partial charge in [-0.2, -0.15) is 11.8 Å². The van der Waals surface area contributed by atoms with Crippen LogP contribution in [0.5, 0.6) is 0 Å². The van der Waals surface area contributed by atoms with Crippen LogP contribution in [-0.2, 0) is 27.4 Å². The molecule has 6 N–H and O–H groups in total. The van der Waals surface area contributed by atoms with Crippen molar-refractivity contribution in [1.29, 1.82) is 0 Å². The summed E-state index contributed by atoms with van der Waals surface area (Å²) >= 11 is 1.87. The van der Waals surface area contributed by atoms with Crippen LogP contribution in [0, 0.1) is 22.0 Å². The summed E-state index contributed by atoms with van der Waals surface area (Å²) in [5.41, 5.74) is 1.76. The lowest BCUT2D eigenvalue weighted by Crippen LogP contribution is -2.36. The first-order valence-electron chi connectivity index (χ1n) is 18.2. The van der Waals surface area contributed by atoms with E-state index in [0.29, 0.717) is 42.2 Å². The Morgan fingerprint density at radius 3 is 2.37 bits per heavy atom. The molecule has 0 bridgehead atoms. The molecule has 2 aromatic rings. The van der Waals surface area contributed by atoms with Crippen molar-refractivity contribution in [3.05, 3.63) is 74.8 Å². The molecule has 290 valence electrons. The van der Waals surface area contributed by atoms with E-state index in [1.165, 1.54) is 13.0 Å². The normalized spacial score (nSPS) is 17.4. The van der Waals surface area contributed by atoms with Crippen LogP contribution in [0.4, 0.5) is 15.3 Å². The molecule has 0 spiro atoms. The third-order valence-corrected chi connectivity index (χ3v) is 10.7. The topological polar surface area (TPSA) is 210 Å². The standard InChI is InChI=1S/C38H49N7O8S/c1-3-4-19-40-36(48)28-16-13-26(14-17-28)22-42-38(50)53-25(2)29-21-27(15-18-31(29)45(51)52)23-41-34(47)11-6-5-9-20-39-33(46)12-8-7-10-32-35-30(24-54-32)43-37(49)44-35/h13-18,21,25,30,32,35H,5-12,19-20,22-24H2,1-2H3,(H,39,46)(H,40,48)(H,41,47)(H,42,50)(H2,43,44,49). The molecule has 2 aliphatic rings. The maximum atomic E-state index is 12.6. The van der Waals surface area contributed by atoms with Crippen LogP contribution in [0.15, 0.2) is 42.5 Å². The summed E-state index contributed by atoms with van der Waals surface area (Å²) in [6, 6.07) is 11.4. The van der Waals surface area contributed by atoms with Gasteiger partial charge in [0.05, 0.1) is 29.1 Å². The van der Waals surface area contributed by atoms with Crippen LogP contribution in [0.3, 0.4) is 0 Å². The highest BCUT2D eigenvalue weighted by Crippen LogP contribution is 2.33. The molecule has 0 aromatic heterocycles. The van der Waals surface area contributed by atoms with Gasteiger partial charge in [-0.1, -0.05) is 37.0 Å². The number of hydrogen-bond donors (Lipinski definition) is 6. The number of urea groups is 1. The Morgan fingerprint density at radius 1 is 0.926 bits per heavy atom. The number of thioether (sulfide) groups is 1. The summed E-state index contributed by atoms with van der Waals surface area (Å²) in [5.74, 6) is 5.98. The molecule has 2 saturated heterocycles. The van der Waals surface area contributed by atoms with E-state index >= 15 is 0 Å². The van der Waals surface area contributed by atoms with Crippen LogP contribution < -0.4 is 31.9 Å². The van der Waals surface area contributed by atoms with Crippen molar-refractivity contribution < 1.29 is 33.6 Å². The Morgan fingerprint density at radius 2 is 1.63 bits per heavy atom. The fraction of sp³-hybridized carbons (Fsp3) is 0.500. The van der Waals surface area contributed by atoms with E-state index in [4.69, 9.17) is 4.74 Å². The second-order valence-corrected chi connectivity index (χ2v) is 14.4. The zero-order valence-electron chi connectivity index (χ0n) is 30.7. The number of amides is 6. The van der Waals surface area contributed by atoms with E-state index in [1.54, 1.807) is 43.3 Å². The summed E-state index contributed by atoms with van der Waals surface area (Å²) < 4.78 is 5.45. The number of hydrogen-bond acceptors (Lipinski definition) is 9. The average molecular weight is 764 g/mol. The molecular weight excluding hydrogens is 715 g/mol. The number of carbonyl (C=O) groups is 5. The maximum absolute atomic E-state index is 12.6. The molecule has 4 rings (SSSR count). The molecule has 2 heterocycles. The number of benzene rings is 2. The highest BCUT2D eigenvalue weighted by molar-refractivity contribution is 8.00. The third kappa shape index (κ3) is 13.3. The smallest absolute Gasteiger partial charge is 0.408 e. The highest BCUT2D eigenvalue weighted by atomic mass is 32.2. The molecule has 16 heteroatoms. The van der Waals surface area contributed by atoms with Gasteiger partial charge in [-0.3, -0.25) is 24.5 Å². The van der Waals surface area contributed by atoms with E-state index in [2.05, 4.69) is 43.7 Å². The van der Waals surface area contributed by atoms with Gasteiger partial charge >= 0.3 is 12.1 Å². The Bertz CT molecular complexity index is 1710. The zero-order chi connectivity index (χ0) is 38.9. The lowest BCUT2D eigenvalue weighted by atomic mass is 10.0. The number of fused-ring (bicyclic) bond motifs is 1. The van der Waals surface area contributed by atoms with Crippen molar-refractivity contribution in [3.8, 4) is 11.8 Å². The van der Waals surface area contributed by atoms with Crippen molar-refractivity contribution in [1.82, 2.24) is 31.9 Å². The quantitative estimate of drug-likeness (QED) is 0.0372. The lowest BCUT2D eigenvalue weighted by Gasteiger charge is -2.16. The molecule has 15 nitrogen and oxygen atoms in total. The molecule has 0 aliphatic carbocycles. The van der Waals surface area contributed by atoms with Gasteiger partial charge in [0, 0.05) is 55.1 Å². The van der Waals surface area contributed by atoms with Gasteiger partial charge in [0.15, 0.2) is 0 Å². The van der Waals surface area contributed by atoms with Crippen LogP contribution in [-0.4, -0.2) is 70.9 Å². The molecule has 2 fully saturated rings. The van der Waals surface area contributed by atoms with Gasteiger partial charge in [0.2, 0.25) is 11.8 Å². The van der Waals surface area contributed by atoms with E-state index in [0.717, 1.165) is 43.4 Å². The molecule has 0 radical (unpaired) electrons. The van der Waals surface area contributed by atoms with Crippen LogP contribution in [0.25, 0.3) is 0 Å². The Kier molecular flexibility index (Phi) is 16.4. The van der Waals surface area contributed by atoms with Gasteiger partial charge in [0.25, 0.3) is 11.6 Å². The Balaban J connectivity index is 1.09. The first kappa shape index (κ1) is 41.5. The maximum Gasteiger partial charge on any atom is 0.408 e. The Hall–Kier alpha value is -5.30. The molecule has 4 unspecified atom stereocenters. The highest BCUT2D eigenvalue weighted by Gasteiger charge is 2.42. The summed E-state index contributed by atoms with van der Waals surface area (Å²) in [4.78, 5) is 72.1. The number of carbonyl (C=O) groups excluding carboxylic acids is 5. The van der Waals surface area contributed by atoms with E-state index < -0.39 is 17.1 Å². The van der Waals surface area contributed by atoms with E-state index in [-0.39, 0.29) is 66.7 Å². The van der Waals surface area contributed by atoms with E-state index in [1.807, 2.05) is 11.8 Å². The van der Waals surface area contributed by atoms with Crippen molar-refractivity contribution >= 4 is 47.3 Å². The average Bonchev–Trinajstić information content (AvgIpc) is 3.72. The molecule has 4 atom stereocenters. The minimum atomic E-state index is -0.960. The van der Waals surface area contributed by atoms with Crippen molar-refractivity contribution in [2.75, 3.05) is 18.8 Å². The van der Waals surface area contributed by atoms with Crippen molar-refractivity contribution in [2.45, 2.75) is 102 Å². The molecule has 54 heavy (non-hydrogen) atoms. The number of alkyl carbamates (subject to hydrolysis) is 1. The number of nitro benzene ring substituents is 1. The van der Waals surface area contributed by atoms with Crippen LogP contribution >= 0.6 is 11.8 Å². The van der Waals surface area contributed by atoms with Crippen LogP contribution in [0.2, 0.25) is 0 Å². The molecule has 2 aliphatic heterocycles. The summed E-state index contributed by atoms with van der Waals surface area (Å²) in [7, 11) is 0. The first-order chi connectivity index (χ1) is 26.0. The predicted molar refractivity (Wildman–Crippen MR) is 204 cm³/mol. The summed E-state index contributed by atoms with van der Waals surface area (Å²) in [6.07, 6.45) is 3.91. The predicted octanol–water partition coefficient (Wildman–Crippen LogP) is 4.35.